The van der Waals surface area contributed by atoms with Crippen LogP contribution in [-0.2, 0) is 12.7 Å². The standard InChI is InChI=1S/C26H21ClF3N9O2/c1-14-8-16(11-31)9-18(23(40)32-12-15-6-7-15)22(14)33-24(41)21-10-17(13-38-25(26(28,29)30)34-36-37-38)35-39(21)20-5-3-2-4-19(20)27/h2-5,8-10,15H,6-7,12-13H2,1H3,(H,32,40)(H,33,41). The maximum Gasteiger partial charge on any atom is 0.453 e. The summed E-state index contributed by atoms with van der Waals surface area (Å²) < 4.78 is 41.7. The van der Waals surface area contributed by atoms with E-state index in [1.807, 2.05) is 6.07 Å². The number of para-hydroxylation sites is 1. The van der Waals surface area contributed by atoms with Crippen LogP contribution < -0.4 is 10.6 Å². The van der Waals surface area contributed by atoms with Gasteiger partial charge in [-0.25, -0.2) is 9.36 Å². The third kappa shape index (κ3) is 6.04. The number of aromatic nitrogens is 6. The van der Waals surface area contributed by atoms with Crippen molar-refractivity contribution >= 4 is 29.1 Å². The van der Waals surface area contributed by atoms with Gasteiger partial charge in [0.2, 0.25) is 0 Å². The maximum atomic E-state index is 13.7. The quantitative estimate of drug-likeness (QED) is 0.317. The Kier molecular flexibility index (Phi) is 7.46. The van der Waals surface area contributed by atoms with Crippen LogP contribution in [0.3, 0.4) is 0 Å². The van der Waals surface area contributed by atoms with E-state index in [0.29, 0.717) is 22.7 Å². The number of halogens is 4. The largest absolute Gasteiger partial charge is 0.453 e. The first kappa shape index (κ1) is 27.8. The van der Waals surface area contributed by atoms with E-state index in [2.05, 4.69) is 31.3 Å². The molecule has 1 aliphatic rings. The minimum absolute atomic E-state index is 0.0341. The molecule has 11 nitrogen and oxygen atoms in total. The number of nitrogens with zero attached hydrogens (tertiary/aromatic N) is 7. The van der Waals surface area contributed by atoms with Gasteiger partial charge in [0, 0.05) is 6.54 Å². The number of rotatable bonds is 8. The molecule has 1 aliphatic carbocycles. The average molecular weight is 584 g/mol. The summed E-state index contributed by atoms with van der Waals surface area (Å²) in [6.45, 7) is 1.62. The number of anilines is 1. The number of nitriles is 1. The minimum Gasteiger partial charge on any atom is -0.352 e. The van der Waals surface area contributed by atoms with Gasteiger partial charge in [0.25, 0.3) is 17.6 Å². The van der Waals surface area contributed by atoms with Crippen molar-refractivity contribution in [3.8, 4) is 11.8 Å². The van der Waals surface area contributed by atoms with Gasteiger partial charge in [-0.2, -0.15) is 23.5 Å². The average Bonchev–Trinajstić information content (AvgIpc) is 3.47. The number of tetrazole rings is 1. The second-order valence-electron chi connectivity index (χ2n) is 9.48. The minimum atomic E-state index is -4.81. The fourth-order valence-corrected chi connectivity index (χ4v) is 4.39. The van der Waals surface area contributed by atoms with Crippen molar-refractivity contribution in [2.75, 3.05) is 11.9 Å². The highest BCUT2D eigenvalue weighted by Crippen LogP contribution is 2.30. The number of benzene rings is 2. The molecule has 5 rings (SSSR count). The lowest BCUT2D eigenvalue weighted by atomic mass is 10.0. The first-order valence-electron chi connectivity index (χ1n) is 12.4. The molecule has 0 atom stereocenters. The van der Waals surface area contributed by atoms with Crippen molar-refractivity contribution in [1.82, 2.24) is 35.3 Å². The number of alkyl halides is 3. The van der Waals surface area contributed by atoms with Crippen molar-refractivity contribution in [1.29, 1.82) is 5.26 Å². The van der Waals surface area contributed by atoms with Crippen LogP contribution in [0.5, 0.6) is 0 Å². The molecular weight excluding hydrogens is 563 g/mol. The van der Waals surface area contributed by atoms with Gasteiger partial charge >= 0.3 is 6.18 Å². The zero-order chi connectivity index (χ0) is 29.3. The summed E-state index contributed by atoms with van der Waals surface area (Å²) in [6, 6.07) is 12.7. The lowest BCUT2D eigenvalue weighted by Gasteiger charge is -2.15. The maximum absolute atomic E-state index is 13.7. The predicted octanol–water partition coefficient (Wildman–Crippen LogP) is 4.15. The molecule has 0 saturated heterocycles. The summed E-state index contributed by atoms with van der Waals surface area (Å²) >= 11 is 6.36. The van der Waals surface area contributed by atoms with Crippen molar-refractivity contribution in [2.45, 2.75) is 32.5 Å². The Morgan fingerprint density at radius 2 is 1.93 bits per heavy atom. The van der Waals surface area contributed by atoms with Gasteiger partial charge in [-0.3, -0.25) is 9.59 Å². The molecule has 41 heavy (non-hydrogen) atoms. The Hall–Kier alpha value is -4.77. The van der Waals surface area contributed by atoms with E-state index >= 15 is 0 Å². The zero-order valence-corrected chi connectivity index (χ0v) is 22.2. The van der Waals surface area contributed by atoms with Crippen LogP contribution in [0.4, 0.5) is 18.9 Å². The lowest BCUT2D eigenvalue weighted by molar-refractivity contribution is -0.147. The van der Waals surface area contributed by atoms with Crippen LogP contribution in [0.2, 0.25) is 5.02 Å². The van der Waals surface area contributed by atoms with Crippen molar-refractivity contribution < 1.29 is 22.8 Å². The van der Waals surface area contributed by atoms with E-state index < -0.39 is 30.4 Å². The van der Waals surface area contributed by atoms with E-state index in [-0.39, 0.29) is 38.9 Å². The fourth-order valence-electron chi connectivity index (χ4n) is 4.17. The highest BCUT2D eigenvalue weighted by Gasteiger charge is 2.38. The molecule has 0 radical (unpaired) electrons. The molecule has 2 heterocycles. The Morgan fingerprint density at radius 1 is 1.17 bits per heavy atom. The Morgan fingerprint density at radius 3 is 2.61 bits per heavy atom. The third-order valence-corrected chi connectivity index (χ3v) is 6.69. The second kappa shape index (κ2) is 11.0. The highest BCUT2D eigenvalue weighted by molar-refractivity contribution is 6.32. The summed E-state index contributed by atoms with van der Waals surface area (Å²) in [5.41, 5.74) is 1.22. The van der Waals surface area contributed by atoms with Crippen LogP contribution in [0.15, 0.2) is 42.5 Å². The predicted molar refractivity (Wildman–Crippen MR) is 139 cm³/mol. The van der Waals surface area contributed by atoms with E-state index in [9.17, 15) is 28.0 Å². The summed E-state index contributed by atoms with van der Waals surface area (Å²) in [5, 5.41) is 29.1. The van der Waals surface area contributed by atoms with Crippen LogP contribution in [0.25, 0.3) is 5.69 Å². The molecule has 0 bridgehead atoms. The molecule has 0 aliphatic heterocycles. The first-order chi connectivity index (χ1) is 19.5. The topological polar surface area (TPSA) is 143 Å². The third-order valence-electron chi connectivity index (χ3n) is 6.37. The molecule has 210 valence electrons. The zero-order valence-electron chi connectivity index (χ0n) is 21.4. The number of aryl methyl sites for hydroxylation is 1. The summed E-state index contributed by atoms with van der Waals surface area (Å²) in [5.74, 6) is -2.10. The van der Waals surface area contributed by atoms with Crippen molar-refractivity contribution in [3.05, 3.63) is 81.4 Å². The molecule has 2 N–H and O–H groups in total. The SMILES string of the molecule is Cc1cc(C#N)cc(C(=O)NCC2CC2)c1NC(=O)c1cc(Cn2nnnc2C(F)(F)F)nn1-c1ccccc1Cl. The summed E-state index contributed by atoms with van der Waals surface area (Å²) in [7, 11) is 0. The van der Waals surface area contributed by atoms with E-state index in [4.69, 9.17) is 11.6 Å². The smallest absolute Gasteiger partial charge is 0.352 e. The van der Waals surface area contributed by atoms with Crippen LogP contribution in [-0.4, -0.2) is 48.3 Å². The Balaban J connectivity index is 1.52. The van der Waals surface area contributed by atoms with Crippen molar-refractivity contribution in [2.24, 2.45) is 5.92 Å². The number of carbonyl (C=O) groups excluding carboxylic acids is 2. The molecule has 2 aromatic heterocycles. The Labute approximate surface area is 235 Å². The molecule has 2 aromatic carbocycles. The van der Waals surface area contributed by atoms with Gasteiger partial charge in [-0.15, -0.1) is 5.10 Å². The molecule has 0 unspecified atom stereocenters. The fraction of sp³-hybridized carbons (Fsp3) is 0.269. The summed E-state index contributed by atoms with van der Waals surface area (Å²) in [6.07, 6.45) is -2.77. The van der Waals surface area contributed by atoms with E-state index in [0.717, 1.165) is 12.8 Å². The lowest BCUT2D eigenvalue weighted by Crippen LogP contribution is -2.28. The van der Waals surface area contributed by atoms with Crippen molar-refractivity contribution in [3.63, 3.8) is 0 Å². The molecule has 4 aromatic rings. The number of carbonyl (C=O) groups is 2. The van der Waals surface area contributed by atoms with E-state index in [1.165, 1.54) is 22.9 Å². The number of amides is 2. The van der Waals surface area contributed by atoms with Crippen LogP contribution in [0, 0.1) is 24.2 Å². The summed E-state index contributed by atoms with van der Waals surface area (Å²) in [4.78, 5) is 26.7. The van der Waals surface area contributed by atoms with Gasteiger partial charge in [0.05, 0.1) is 45.8 Å². The normalized spacial score (nSPS) is 13.1. The van der Waals surface area contributed by atoms with E-state index in [1.54, 1.807) is 31.2 Å². The number of hydrogen-bond acceptors (Lipinski definition) is 7. The molecule has 2 amide bonds. The molecule has 15 heteroatoms. The van der Waals surface area contributed by atoms with Gasteiger partial charge in [-0.05, 0) is 72.0 Å². The Bertz CT molecular complexity index is 1690. The van der Waals surface area contributed by atoms with Gasteiger partial charge in [-0.1, -0.05) is 23.7 Å². The molecule has 0 spiro atoms. The van der Waals surface area contributed by atoms with Crippen LogP contribution in [0.1, 0.15) is 56.3 Å². The van der Waals surface area contributed by atoms with Crippen LogP contribution >= 0.6 is 11.6 Å². The van der Waals surface area contributed by atoms with Gasteiger partial charge in [0.15, 0.2) is 0 Å². The molecule has 1 saturated carbocycles. The number of nitrogens with one attached hydrogen (secondary N) is 2. The monoisotopic (exact) mass is 583 g/mol. The molecular formula is C26H21ClF3N9O2. The highest BCUT2D eigenvalue weighted by atomic mass is 35.5. The number of hydrogen-bond donors (Lipinski definition) is 2. The van der Waals surface area contributed by atoms with Gasteiger partial charge in [0.1, 0.15) is 5.69 Å². The second-order valence-corrected chi connectivity index (χ2v) is 9.88. The first-order valence-corrected chi connectivity index (χ1v) is 12.7. The van der Waals surface area contributed by atoms with Gasteiger partial charge < -0.3 is 10.6 Å². The molecule has 1 fully saturated rings.